The summed E-state index contributed by atoms with van der Waals surface area (Å²) in [5.74, 6) is 0.554. The van der Waals surface area contributed by atoms with Crippen molar-refractivity contribution >= 4 is 41.5 Å². The third kappa shape index (κ3) is 4.46. The minimum absolute atomic E-state index is 0. The fourth-order valence-corrected chi connectivity index (χ4v) is 3.27. The van der Waals surface area contributed by atoms with Gasteiger partial charge in [0, 0.05) is 30.6 Å². The number of halogens is 3. The summed E-state index contributed by atoms with van der Waals surface area (Å²) in [6.45, 7) is 5.93. The largest absolute Gasteiger partial charge is 0.328 e. The van der Waals surface area contributed by atoms with Crippen LogP contribution in [0.3, 0.4) is 0 Å². The van der Waals surface area contributed by atoms with Crippen molar-refractivity contribution in [3.63, 3.8) is 0 Å². The molecule has 1 N–H and O–H groups in total. The van der Waals surface area contributed by atoms with Gasteiger partial charge in [-0.25, -0.2) is 9.97 Å². The van der Waals surface area contributed by atoms with Crippen molar-refractivity contribution in [3.05, 3.63) is 57.6 Å². The van der Waals surface area contributed by atoms with E-state index in [1.165, 1.54) is 6.20 Å². The lowest BCUT2D eigenvalue weighted by Crippen LogP contribution is -2.49. The third-order valence-corrected chi connectivity index (χ3v) is 4.73. The minimum atomic E-state index is -0.180. The van der Waals surface area contributed by atoms with Crippen molar-refractivity contribution in [2.24, 2.45) is 0 Å². The second kappa shape index (κ2) is 9.00. The molecule has 3 rings (SSSR count). The summed E-state index contributed by atoms with van der Waals surface area (Å²) in [5.41, 5.74) is 1.25. The van der Waals surface area contributed by atoms with Crippen LogP contribution in [0.4, 0.5) is 0 Å². The fraction of sp³-hybridized carbons (Fsp3) is 0.389. The highest BCUT2D eigenvalue weighted by Crippen LogP contribution is 2.27. The molecule has 0 saturated carbocycles. The van der Waals surface area contributed by atoms with Gasteiger partial charge in [-0.15, -0.1) is 12.4 Å². The summed E-state index contributed by atoms with van der Waals surface area (Å²) >= 11 is 12.3. The van der Waals surface area contributed by atoms with E-state index in [2.05, 4.69) is 15.3 Å². The highest BCUT2D eigenvalue weighted by molar-refractivity contribution is 6.33. The second-order valence-corrected chi connectivity index (χ2v) is 7.20. The number of nitrogens with zero attached hydrogens (tertiary/aromatic N) is 3. The minimum Gasteiger partial charge on any atom is -0.328 e. The lowest BCUT2D eigenvalue weighted by molar-refractivity contribution is 0.0628. The molecule has 1 aliphatic rings. The van der Waals surface area contributed by atoms with Crippen LogP contribution in [0.2, 0.25) is 10.0 Å². The van der Waals surface area contributed by atoms with E-state index >= 15 is 0 Å². The first-order valence-electron chi connectivity index (χ1n) is 8.27. The fourth-order valence-electron chi connectivity index (χ4n) is 2.90. The van der Waals surface area contributed by atoms with Gasteiger partial charge < -0.3 is 10.2 Å². The number of carbonyl (C=O) groups is 1. The highest BCUT2D eigenvalue weighted by atomic mass is 35.5. The van der Waals surface area contributed by atoms with Crippen molar-refractivity contribution in [3.8, 4) is 0 Å². The molecule has 1 saturated heterocycles. The molecule has 1 amide bonds. The molecule has 1 aromatic carbocycles. The van der Waals surface area contributed by atoms with Crippen LogP contribution < -0.4 is 5.32 Å². The van der Waals surface area contributed by atoms with Crippen LogP contribution in [0.5, 0.6) is 0 Å². The van der Waals surface area contributed by atoms with Crippen LogP contribution in [0, 0.1) is 0 Å². The predicted molar refractivity (Wildman–Crippen MR) is 106 cm³/mol. The molecule has 26 heavy (non-hydrogen) atoms. The highest BCUT2D eigenvalue weighted by Gasteiger charge is 2.31. The van der Waals surface area contributed by atoms with E-state index in [-0.39, 0.29) is 41.0 Å². The van der Waals surface area contributed by atoms with Gasteiger partial charge in [0.25, 0.3) is 5.91 Å². The van der Waals surface area contributed by atoms with Gasteiger partial charge in [0.05, 0.1) is 17.3 Å². The first-order valence-corrected chi connectivity index (χ1v) is 9.02. The summed E-state index contributed by atoms with van der Waals surface area (Å²) in [6.07, 6.45) is 1.51. The van der Waals surface area contributed by atoms with E-state index in [1.54, 1.807) is 4.90 Å². The third-order valence-electron chi connectivity index (χ3n) is 4.22. The van der Waals surface area contributed by atoms with Crippen LogP contribution in [-0.2, 0) is 0 Å². The summed E-state index contributed by atoms with van der Waals surface area (Å²) in [4.78, 5) is 23.6. The Labute approximate surface area is 169 Å². The van der Waals surface area contributed by atoms with Gasteiger partial charge in [0.1, 0.15) is 5.82 Å². The number of nitrogens with one attached hydrogen (secondary N) is 1. The Morgan fingerprint density at radius 3 is 2.81 bits per heavy atom. The zero-order chi connectivity index (χ0) is 18.0. The van der Waals surface area contributed by atoms with E-state index in [0.29, 0.717) is 23.9 Å². The quantitative estimate of drug-likeness (QED) is 0.819. The van der Waals surface area contributed by atoms with Crippen LogP contribution in [0.25, 0.3) is 0 Å². The SMILES string of the molecule is CC(C)c1ncc(Cl)c(C(=O)N2CCNCC2c2cccc(Cl)c2)n1.Cl. The second-order valence-electron chi connectivity index (χ2n) is 6.35. The van der Waals surface area contributed by atoms with E-state index < -0.39 is 0 Å². The molecule has 0 aliphatic carbocycles. The van der Waals surface area contributed by atoms with Gasteiger partial charge in [-0.2, -0.15) is 0 Å². The van der Waals surface area contributed by atoms with Crippen LogP contribution in [-0.4, -0.2) is 40.4 Å². The van der Waals surface area contributed by atoms with Crippen LogP contribution in [0.1, 0.15) is 47.7 Å². The van der Waals surface area contributed by atoms with Crippen molar-refractivity contribution < 1.29 is 4.79 Å². The molecule has 2 heterocycles. The Balaban J connectivity index is 0.00000243. The molecule has 1 aliphatic heterocycles. The molecular weight excluding hydrogens is 395 g/mol. The van der Waals surface area contributed by atoms with Crippen LogP contribution >= 0.6 is 35.6 Å². The normalized spacial score (nSPS) is 17.1. The molecule has 0 spiro atoms. The molecule has 0 bridgehead atoms. The molecular formula is C18H21Cl3N4O. The number of aromatic nitrogens is 2. The maximum absolute atomic E-state index is 13.2. The number of hydrogen-bond acceptors (Lipinski definition) is 4. The molecule has 1 fully saturated rings. The molecule has 1 aromatic heterocycles. The van der Waals surface area contributed by atoms with Crippen molar-refractivity contribution in [1.29, 1.82) is 0 Å². The maximum Gasteiger partial charge on any atom is 0.274 e. The Morgan fingerprint density at radius 1 is 1.35 bits per heavy atom. The molecule has 5 nitrogen and oxygen atoms in total. The van der Waals surface area contributed by atoms with Crippen molar-refractivity contribution in [2.75, 3.05) is 19.6 Å². The summed E-state index contributed by atoms with van der Waals surface area (Å²) in [5, 5.41) is 4.26. The number of hydrogen-bond donors (Lipinski definition) is 1. The van der Waals surface area contributed by atoms with Crippen molar-refractivity contribution in [2.45, 2.75) is 25.8 Å². The average Bonchev–Trinajstić information content (AvgIpc) is 2.61. The average molecular weight is 416 g/mol. The Bertz CT molecular complexity index is 785. The van der Waals surface area contributed by atoms with E-state index in [4.69, 9.17) is 23.2 Å². The zero-order valence-electron chi connectivity index (χ0n) is 14.6. The summed E-state index contributed by atoms with van der Waals surface area (Å²) < 4.78 is 0. The van der Waals surface area contributed by atoms with Crippen LogP contribution in [0.15, 0.2) is 30.5 Å². The lowest BCUT2D eigenvalue weighted by Gasteiger charge is -2.36. The summed E-state index contributed by atoms with van der Waals surface area (Å²) in [7, 11) is 0. The number of carbonyl (C=O) groups excluding carboxylic acids is 1. The van der Waals surface area contributed by atoms with E-state index in [9.17, 15) is 4.79 Å². The zero-order valence-corrected chi connectivity index (χ0v) is 16.9. The number of rotatable bonds is 3. The number of amides is 1. The Morgan fingerprint density at radius 2 is 2.12 bits per heavy atom. The molecule has 2 aromatic rings. The Hall–Kier alpha value is -1.40. The maximum atomic E-state index is 13.2. The molecule has 0 radical (unpaired) electrons. The molecule has 8 heteroatoms. The number of benzene rings is 1. The predicted octanol–water partition coefficient (Wildman–Crippen LogP) is 4.12. The van der Waals surface area contributed by atoms with Gasteiger partial charge in [0.15, 0.2) is 5.69 Å². The van der Waals surface area contributed by atoms with Gasteiger partial charge in [-0.3, -0.25) is 4.79 Å². The first kappa shape index (κ1) is 20.9. The Kier molecular flexibility index (Phi) is 7.24. The van der Waals surface area contributed by atoms with Gasteiger partial charge in [-0.1, -0.05) is 49.2 Å². The first-order chi connectivity index (χ1) is 12.0. The van der Waals surface area contributed by atoms with E-state index in [0.717, 1.165) is 12.1 Å². The van der Waals surface area contributed by atoms with Crippen molar-refractivity contribution in [1.82, 2.24) is 20.2 Å². The lowest BCUT2D eigenvalue weighted by atomic mass is 10.0. The topological polar surface area (TPSA) is 58.1 Å². The molecule has 1 atom stereocenters. The molecule has 140 valence electrons. The molecule has 1 unspecified atom stereocenters. The summed E-state index contributed by atoms with van der Waals surface area (Å²) in [6, 6.07) is 7.46. The van der Waals surface area contributed by atoms with Gasteiger partial charge >= 0.3 is 0 Å². The standard InChI is InChI=1S/C18H20Cl2N4O.ClH/c1-11(2)17-22-9-14(20)16(23-17)18(25)24-7-6-21-10-15(24)12-4-3-5-13(19)8-12;/h3-5,8-9,11,15,21H,6-7,10H2,1-2H3;1H. The van der Waals surface area contributed by atoms with Gasteiger partial charge in [0.2, 0.25) is 0 Å². The monoisotopic (exact) mass is 414 g/mol. The smallest absolute Gasteiger partial charge is 0.274 e. The van der Waals surface area contributed by atoms with E-state index in [1.807, 2.05) is 38.1 Å². The number of piperazine rings is 1. The van der Waals surface area contributed by atoms with Gasteiger partial charge in [-0.05, 0) is 17.7 Å².